The molecule has 51 heteroatoms. The van der Waals surface area contributed by atoms with Gasteiger partial charge in [-0.15, -0.1) is 0 Å². The number of benzene rings is 6. The minimum absolute atomic E-state index is 0.00000102. The molecular weight excluding hydrogens is 1980 g/mol. The molecule has 139 heavy (non-hydrogen) atoms. The number of hydrogen-bond donors (Lipinski definition) is 13. The van der Waals surface area contributed by atoms with Crippen LogP contribution in [-0.2, 0) is 141 Å². The van der Waals surface area contributed by atoms with E-state index < -0.39 is 174 Å². The molecule has 6 aromatic rings. The van der Waals surface area contributed by atoms with E-state index in [0.29, 0.717) is 39.8 Å². The summed E-state index contributed by atoms with van der Waals surface area (Å²) in [5, 5.41) is 68.0. The fourth-order valence-corrected chi connectivity index (χ4v) is 11.0. The molecule has 0 spiro atoms. The Morgan fingerprint density at radius 1 is 0.288 bits per heavy atom. The third kappa shape index (κ3) is 59.3. The van der Waals surface area contributed by atoms with Gasteiger partial charge < -0.3 is 124 Å². The Hall–Kier alpha value is -10.9. The zero-order valence-electron chi connectivity index (χ0n) is 76.9. The molecule has 9 unspecified atom stereocenters. The number of nitrogens with one attached hydrogen (secondary N) is 5. The summed E-state index contributed by atoms with van der Waals surface area (Å²) in [6, 6.07) is 50.6. The van der Waals surface area contributed by atoms with Crippen LogP contribution in [0.1, 0.15) is 170 Å². The first-order valence-electron chi connectivity index (χ1n) is 41.7. The Kier molecular flexibility index (Phi) is 72.9. The lowest BCUT2D eigenvalue weighted by Crippen LogP contribution is -2.47. The quantitative estimate of drug-likeness (QED) is 0.0142. The number of aliphatic hydroxyl groups excluding tert-OH is 6. The molecule has 0 saturated heterocycles. The number of nitrogens with two attached hydrogens (primary N) is 2. The molecule has 0 saturated carbocycles. The van der Waals surface area contributed by atoms with E-state index in [1.54, 1.807) is 198 Å². The van der Waals surface area contributed by atoms with E-state index in [1.165, 1.54) is 27.7 Å². The lowest BCUT2D eigenvalue weighted by molar-refractivity contribution is -0.163. The highest BCUT2D eigenvalue weighted by atomic mass is 31.0. The fraction of sp³-hybridized carbons (Fsp3) is 0.386. The predicted octanol–water partition coefficient (Wildman–Crippen LogP) is 4.54. The molecule has 0 bridgehead atoms. The normalized spacial score (nSPS) is 12.6. The van der Waals surface area contributed by atoms with E-state index in [4.69, 9.17) is 45.7 Å². The molecule has 43 nitrogen and oxygen atoms in total. The zero-order valence-corrected chi connectivity index (χ0v) is 86.2. The van der Waals surface area contributed by atoms with Crippen LogP contribution in [0.2, 0.25) is 0 Å². The number of carbonyl (C=O) groups excluding carboxylic acids is 18. The summed E-state index contributed by atoms with van der Waals surface area (Å²) in [6.45, 7) is 11.5. The number of ether oxygens (including phenoxy) is 4. The van der Waals surface area contributed by atoms with Crippen molar-refractivity contribution >= 4 is 183 Å². The van der Waals surface area contributed by atoms with E-state index in [2.05, 4.69) is 62.8 Å². The standard InChI is InChI=1S/C14H18NO6P.C12H22NO6P.C12H15O4P.4C11H14NO4P.C6H12NO4P/c1-9(16)13(18)15-8-7-11(17)20-12(14(19)21-22)10-5-3-2-4-6-10;1-6(2)5-9(13-10(15)7(3)14)12(17)18-8(4)11(16)19-20;1-8(12(15)16-17)7-10(13)11(14)9-5-3-2-4-6-9;2*12-7-6-9(13)15-10(11(14)16-17)8-4-2-1-3-5-8;2*13-9(16-17)6-7-12-11(15)10(14)8-4-2-1-3-5-8;1-4(8)6(10)7-3-2-5(9)11-12/h2-6,9,12,16H,7-8,22H2,1H3,(H,15,18);6-9,14H,5,20H2,1-4H3,(H,13,15);2-6,8,11,14H,7,17H2,1H3;2*1-5,10H,6-7,12,17H2;2*1-5,10,14H,6-7,17H2,(H,12,15);4,8H,2-3,12H2,1H3,(H,7,10)/t9-,12-;7-,8-,9-;8-,11+;3*10-;;4-/m001100.0/s1. The maximum Gasteiger partial charge on any atom is 0.354 e. The first-order chi connectivity index (χ1) is 65.9. The highest BCUT2D eigenvalue weighted by molar-refractivity contribution is 7.12. The molecule has 0 radical (unpaired) electrons. The van der Waals surface area contributed by atoms with Crippen LogP contribution in [0.5, 0.6) is 0 Å². The molecule has 15 N–H and O–H groups in total. The molecule has 20 atom stereocenters. The van der Waals surface area contributed by atoms with Gasteiger partial charge in [0.1, 0.15) is 30.5 Å². The molecule has 6 rings (SSSR count). The van der Waals surface area contributed by atoms with Crippen molar-refractivity contribution in [1.82, 2.24) is 26.6 Å². The van der Waals surface area contributed by atoms with Crippen molar-refractivity contribution in [2.45, 2.75) is 167 Å². The summed E-state index contributed by atoms with van der Waals surface area (Å²) < 4.78 is 55.4. The topological polar surface area (TPSA) is 652 Å². The second-order valence-electron chi connectivity index (χ2n) is 28.5. The number of hydrogen-bond acceptors (Lipinski definition) is 38. The van der Waals surface area contributed by atoms with Crippen molar-refractivity contribution in [2.75, 3.05) is 39.3 Å². The van der Waals surface area contributed by atoms with Gasteiger partial charge in [0.15, 0.2) is 24.1 Å². The van der Waals surface area contributed by atoms with Gasteiger partial charge in [0.2, 0.25) is 36.0 Å². The number of ketones is 1. The summed E-state index contributed by atoms with van der Waals surface area (Å²) in [5.41, 5.74) is 13.6. The Morgan fingerprint density at radius 3 is 0.791 bits per heavy atom. The number of rotatable bonds is 43. The molecule has 0 aliphatic carbocycles. The van der Waals surface area contributed by atoms with Crippen LogP contribution in [0, 0.1) is 11.8 Å². The highest BCUT2D eigenvalue weighted by Gasteiger charge is 2.32. The smallest absolute Gasteiger partial charge is 0.354 e. The largest absolute Gasteiger partial charge is 0.451 e. The Bertz CT molecular complexity index is 4540. The van der Waals surface area contributed by atoms with Crippen molar-refractivity contribution in [1.29, 1.82) is 0 Å². The van der Waals surface area contributed by atoms with E-state index in [9.17, 15) is 102 Å². The van der Waals surface area contributed by atoms with Gasteiger partial charge in [0, 0.05) is 62.4 Å². The Morgan fingerprint density at radius 2 is 0.540 bits per heavy atom. The second kappa shape index (κ2) is 77.9. The van der Waals surface area contributed by atoms with Crippen molar-refractivity contribution in [3.05, 3.63) is 215 Å². The van der Waals surface area contributed by atoms with Gasteiger partial charge in [0.25, 0.3) is 11.8 Å². The lowest BCUT2D eigenvalue weighted by Gasteiger charge is -2.21. The van der Waals surface area contributed by atoms with Crippen LogP contribution in [-0.4, -0.2) is 207 Å². The number of carbonyl (C=O) groups is 18. The van der Waals surface area contributed by atoms with Gasteiger partial charge >= 0.3 is 71.6 Å². The van der Waals surface area contributed by atoms with Crippen LogP contribution in [0.3, 0.4) is 0 Å². The molecule has 0 fully saturated rings. The van der Waals surface area contributed by atoms with Gasteiger partial charge in [-0.3, -0.25) is 62.3 Å². The minimum atomic E-state index is -1.23. The van der Waals surface area contributed by atoms with Gasteiger partial charge in [0.05, 0.1) is 120 Å². The number of esters is 4. The van der Waals surface area contributed by atoms with Crippen LogP contribution >= 0.6 is 75.7 Å². The summed E-state index contributed by atoms with van der Waals surface area (Å²) in [6.07, 6.45) is -10.9. The van der Waals surface area contributed by atoms with E-state index in [1.807, 2.05) is 80.1 Å². The molecule has 5 amide bonds. The third-order valence-electron chi connectivity index (χ3n) is 17.0. The second-order valence-corrected chi connectivity index (χ2v) is 30.4. The van der Waals surface area contributed by atoms with E-state index in [-0.39, 0.29) is 95.9 Å². The number of amides is 5. The third-order valence-corrected chi connectivity index (χ3v) is 19.0. The minimum Gasteiger partial charge on any atom is -0.451 e. The number of aliphatic hydroxyl groups is 6. The first kappa shape index (κ1) is 130. The van der Waals surface area contributed by atoms with Gasteiger partial charge in [-0.1, -0.05) is 203 Å². The predicted molar refractivity (Wildman–Crippen MR) is 525 cm³/mol. The van der Waals surface area contributed by atoms with Crippen molar-refractivity contribution in [2.24, 2.45) is 23.3 Å². The Balaban J connectivity index is 0. The average Bonchev–Trinajstić information content (AvgIpc) is 0.807. The van der Waals surface area contributed by atoms with Crippen molar-refractivity contribution in [3.8, 4) is 0 Å². The van der Waals surface area contributed by atoms with Gasteiger partial charge in [-0.05, 0) is 56.7 Å². The summed E-state index contributed by atoms with van der Waals surface area (Å²) in [5.74, 6) is -10.6. The molecular formula is C88H123N7O36P8. The van der Waals surface area contributed by atoms with Crippen LogP contribution < -0.4 is 38.1 Å². The lowest BCUT2D eigenvalue weighted by atomic mass is 9.98. The highest BCUT2D eigenvalue weighted by Crippen LogP contribution is 2.25. The number of Topliss-reactive ketones (excluding diaryl/α,β-unsaturated/α-hetero) is 1. The van der Waals surface area contributed by atoms with Crippen molar-refractivity contribution in [3.63, 3.8) is 0 Å². The molecule has 0 aromatic heterocycles. The average molecular weight is 2100 g/mol. The fourth-order valence-electron chi connectivity index (χ4n) is 9.83. The maximum atomic E-state index is 11.9. The molecule has 766 valence electrons. The molecule has 0 aliphatic rings. The van der Waals surface area contributed by atoms with Crippen LogP contribution in [0.25, 0.3) is 0 Å². The molecule has 6 aromatic carbocycles. The Labute approximate surface area is 822 Å². The van der Waals surface area contributed by atoms with E-state index in [0.717, 1.165) is 0 Å². The summed E-state index contributed by atoms with van der Waals surface area (Å²) in [7, 11) is 14.6. The SMILES string of the molecule is CC(C)C[C@H](NC(=O)[C@H](C)O)C(=O)O[C@@H](C)C(=O)OP.C[C@H](CC(=O)[C@@H](O)c1ccccc1)C(=O)OP.C[C@H](O)C(=O)NCCC(=O)OP.C[C@H](O)C(=O)NCCC(=O)O[C@H](C(=O)OP)c1ccccc1.NCCC(=O)O[C@@H](C(=O)OP)c1ccccc1.NCCC(=O)O[C@H](C(=O)OP)c1ccccc1.O=C(CCNC(=O)C(O)c1ccccc1)OP.O=C(CCNC(=O)[C@@H](O)c1ccccc1)OP. The summed E-state index contributed by atoms with van der Waals surface area (Å²) >= 11 is 0. The van der Waals surface area contributed by atoms with Gasteiger partial charge in [-0.25, -0.2) is 24.0 Å². The zero-order chi connectivity index (χ0) is 105. The van der Waals surface area contributed by atoms with E-state index >= 15 is 0 Å². The van der Waals surface area contributed by atoms with Gasteiger partial charge in [-0.2, -0.15) is 0 Å². The van der Waals surface area contributed by atoms with Crippen molar-refractivity contribution < 1.29 is 172 Å². The molecule has 0 aliphatic heterocycles. The monoisotopic (exact) mass is 2100 g/mol. The van der Waals surface area contributed by atoms with Crippen LogP contribution in [0.15, 0.2) is 182 Å². The maximum absolute atomic E-state index is 11.9. The molecule has 0 heterocycles. The first-order valence-corrected chi connectivity index (χ1v) is 45.4. The summed E-state index contributed by atoms with van der Waals surface area (Å²) in [4.78, 5) is 203. The van der Waals surface area contributed by atoms with Crippen LogP contribution in [0.4, 0.5) is 0 Å².